The molecule has 1 saturated heterocycles. The van der Waals surface area contributed by atoms with Crippen molar-refractivity contribution in [2.45, 2.75) is 31.4 Å². The number of aromatic amines is 1. The van der Waals surface area contributed by atoms with E-state index in [2.05, 4.69) is 14.7 Å². The molecule has 0 radical (unpaired) electrons. The molecule has 1 fully saturated rings. The predicted octanol–water partition coefficient (Wildman–Crippen LogP) is -0.496. The summed E-state index contributed by atoms with van der Waals surface area (Å²) in [6.45, 7) is 0.552. The van der Waals surface area contributed by atoms with E-state index in [4.69, 9.17) is 9.84 Å². The van der Waals surface area contributed by atoms with Crippen LogP contribution in [-0.4, -0.2) is 54.0 Å². The molecule has 0 bridgehead atoms. The normalized spacial score (nSPS) is 20.9. The quantitative estimate of drug-likeness (QED) is 0.624. The lowest BCUT2D eigenvalue weighted by Gasteiger charge is -2.16. The highest BCUT2D eigenvalue weighted by atomic mass is 32.2. The van der Waals surface area contributed by atoms with Gasteiger partial charge in [-0.25, -0.2) is 18.1 Å². The van der Waals surface area contributed by atoms with Gasteiger partial charge in [-0.3, -0.25) is 4.79 Å². The van der Waals surface area contributed by atoms with Crippen LogP contribution in [0.2, 0.25) is 0 Å². The van der Waals surface area contributed by atoms with Gasteiger partial charge in [-0.15, -0.1) is 0 Å². The Kier molecular flexibility index (Phi) is 4.73. The molecule has 2 atom stereocenters. The molecular weight excluding hydrogens is 286 g/mol. The number of nitrogens with one attached hydrogen (secondary N) is 2. The van der Waals surface area contributed by atoms with Gasteiger partial charge in [0.1, 0.15) is 6.04 Å². The lowest BCUT2D eigenvalue weighted by Crippen LogP contribution is -2.44. The van der Waals surface area contributed by atoms with E-state index in [1.165, 1.54) is 12.5 Å². The van der Waals surface area contributed by atoms with Crippen molar-refractivity contribution in [3.63, 3.8) is 0 Å². The Morgan fingerprint density at radius 1 is 1.65 bits per heavy atom. The number of aromatic nitrogens is 2. The summed E-state index contributed by atoms with van der Waals surface area (Å²) < 4.78 is 31.4. The SMILES string of the molecule is O=C(O)[C@@H](Cc1cnc[nH]1)NS(=O)(=O)CC1CCCO1. The van der Waals surface area contributed by atoms with Crippen LogP contribution in [-0.2, 0) is 26.0 Å². The van der Waals surface area contributed by atoms with Crippen LogP contribution in [0.4, 0.5) is 0 Å². The summed E-state index contributed by atoms with van der Waals surface area (Å²) in [7, 11) is -3.70. The topological polar surface area (TPSA) is 121 Å². The zero-order chi connectivity index (χ0) is 14.6. The highest BCUT2D eigenvalue weighted by Crippen LogP contribution is 2.14. The number of aliphatic carboxylic acids is 1. The molecule has 20 heavy (non-hydrogen) atoms. The smallest absolute Gasteiger partial charge is 0.322 e. The van der Waals surface area contributed by atoms with Crippen LogP contribution in [0.15, 0.2) is 12.5 Å². The summed E-state index contributed by atoms with van der Waals surface area (Å²) >= 11 is 0. The monoisotopic (exact) mass is 303 g/mol. The zero-order valence-corrected chi connectivity index (χ0v) is 11.6. The van der Waals surface area contributed by atoms with E-state index in [0.29, 0.717) is 18.7 Å². The lowest BCUT2D eigenvalue weighted by atomic mass is 10.2. The van der Waals surface area contributed by atoms with E-state index in [9.17, 15) is 13.2 Å². The van der Waals surface area contributed by atoms with Gasteiger partial charge in [0.25, 0.3) is 0 Å². The van der Waals surface area contributed by atoms with Gasteiger partial charge in [0.2, 0.25) is 10.0 Å². The summed E-state index contributed by atoms with van der Waals surface area (Å²) in [5.41, 5.74) is 0.553. The second-order valence-corrected chi connectivity index (χ2v) is 6.50. The molecule has 0 spiro atoms. The number of carboxylic acid groups (broad SMARTS) is 1. The van der Waals surface area contributed by atoms with E-state index >= 15 is 0 Å². The number of rotatable bonds is 7. The third kappa shape index (κ3) is 4.29. The molecule has 0 aromatic carbocycles. The Bertz CT molecular complexity index is 536. The minimum absolute atomic E-state index is 0.0140. The van der Waals surface area contributed by atoms with Gasteiger partial charge in [0.15, 0.2) is 0 Å². The minimum atomic E-state index is -3.70. The zero-order valence-electron chi connectivity index (χ0n) is 10.8. The number of nitrogens with zero attached hydrogens (tertiary/aromatic N) is 1. The fraction of sp³-hybridized carbons (Fsp3) is 0.636. The summed E-state index contributed by atoms with van der Waals surface area (Å²) in [5, 5.41) is 9.10. The van der Waals surface area contributed by atoms with Gasteiger partial charge in [0.05, 0.1) is 18.2 Å². The molecule has 1 aliphatic heterocycles. The largest absolute Gasteiger partial charge is 0.480 e. The number of ether oxygens (including phenoxy) is 1. The van der Waals surface area contributed by atoms with E-state index < -0.39 is 22.0 Å². The Hall–Kier alpha value is -1.45. The van der Waals surface area contributed by atoms with Gasteiger partial charge < -0.3 is 14.8 Å². The van der Waals surface area contributed by atoms with Crippen molar-refractivity contribution in [2.24, 2.45) is 0 Å². The molecule has 0 aliphatic carbocycles. The molecule has 1 aromatic rings. The maximum Gasteiger partial charge on any atom is 0.322 e. The molecule has 9 heteroatoms. The standard InChI is InChI=1S/C11H17N3O5S/c15-11(16)10(4-8-5-12-7-13-8)14-20(17,18)6-9-2-1-3-19-9/h5,7,9-10,14H,1-4,6H2,(H,12,13)(H,15,16)/t9?,10-/m1/s1. The van der Waals surface area contributed by atoms with Crippen LogP contribution in [0.3, 0.4) is 0 Å². The molecule has 0 amide bonds. The molecule has 8 nitrogen and oxygen atoms in total. The third-order valence-electron chi connectivity index (χ3n) is 3.03. The molecule has 1 aliphatic rings. The van der Waals surface area contributed by atoms with Crippen molar-refractivity contribution in [1.82, 2.24) is 14.7 Å². The van der Waals surface area contributed by atoms with Crippen LogP contribution in [0.5, 0.6) is 0 Å². The lowest BCUT2D eigenvalue weighted by molar-refractivity contribution is -0.138. The average molecular weight is 303 g/mol. The number of hydrogen-bond donors (Lipinski definition) is 3. The second kappa shape index (κ2) is 6.33. The van der Waals surface area contributed by atoms with E-state index in [1.54, 1.807) is 0 Å². The summed E-state index contributed by atoms with van der Waals surface area (Å²) in [4.78, 5) is 17.7. The molecule has 2 heterocycles. The van der Waals surface area contributed by atoms with Crippen LogP contribution in [0.1, 0.15) is 18.5 Å². The summed E-state index contributed by atoms with van der Waals surface area (Å²) in [6.07, 6.45) is 4.05. The molecule has 3 N–H and O–H groups in total. The number of hydrogen-bond acceptors (Lipinski definition) is 5. The van der Waals surface area contributed by atoms with Gasteiger partial charge in [-0.05, 0) is 12.8 Å². The fourth-order valence-corrected chi connectivity index (χ4v) is 3.55. The first-order chi connectivity index (χ1) is 9.46. The predicted molar refractivity (Wildman–Crippen MR) is 69.6 cm³/mol. The number of carboxylic acids is 1. The van der Waals surface area contributed by atoms with Gasteiger partial charge in [-0.1, -0.05) is 0 Å². The number of carbonyl (C=O) groups is 1. The Labute approximate surface area is 116 Å². The third-order valence-corrected chi connectivity index (χ3v) is 4.48. The van der Waals surface area contributed by atoms with E-state index in [-0.39, 0.29) is 18.3 Å². The first-order valence-corrected chi connectivity index (χ1v) is 7.93. The summed E-state index contributed by atoms with van der Waals surface area (Å²) in [5.74, 6) is -1.43. The fourth-order valence-electron chi connectivity index (χ4n) is 2.08. The van der Waals surface area contributed by atoms with Crippen LogP contribution < -0.4 is 4.72 Å². The van der Waals surface area contributed by atoms with Gasteiger partial charge in [-0.2, -0.15) is 0 Å². The highest BCUT2D eigenvalue weighted by molar-refractivity contribution is 7.89. The first-order valence-electron chi connectivity index (χ1n) is 6.28. The molecule has 1 unspecified atom stereocenters. The van der Waals surface area contributed by atoms with Gasteiger partial charge >= 0.3 is 5.97 Å². The Balaban J connectivity index is 1.97. The molecule has 2 rings (SSSR count). The minimum Gasteiger partial charge on any atom is -0.480 e. The number of H-pyrrole nitrogens is 1. The van der Waals surface area contributed by atoms with Crippen molar-refractivity contribution in [1.29, 1.82) is 0 Å². The summed E-state index contributed by atoms with van der Waals surface area (Å²) in [6, 6.07) is -1.22. The molecule has 0 saturated carbocycles. The van der Waals surface area contributed by atoms with Crippen molar-refractivity contribution in [3.8, 4) is 0 Å². The second-order valence-electron chi connectivity index (χ2n) is 4.71. The van der Waals surface area contributed by atoms with Crippen molar-refractivity contribution in [2.75, 3.05) is 12.4 Å². The Morgan fingerprint density at radius 2 is 2.45 bits per heavy atom. The molecular formula is C11H17N3O5S. The Morgan fingerprint density at radius 3 is 3.00 bits per heavy atom. The van der Waals surface area contributed by atoms with Crippen molar-refractivity contribution in [3.05, 3.63) is 18.2 Å². The first kappa shape index (κ1) is 14.9. The molecule has 112 valence electrons. The maximum atomic E-state index is 11.9. The number of imidazole rings is 1. The van der Waals surface area contributed by atoms with E-state index in [1.807, 2.05) is 0 Å². The van der Waals surface area contributed by atoms with Crippen molar-refractivity contribution < 1.29 is 23.1 Å². The molecule has 1 aromatic heterocycles. The average Bonchev–Trinajstić information content (AvgIpc) is 3.00. The highest BCUT2D eigenvalue weighted by Gasteiger charge is 2.28. The number of sulfonamides is 1. The maximum absolute atomic E-state index is 11.9. The van der Waals surface area contributed by atoms with Crippen LogP contribution in [0.25, 0.3) is 0 Å². The van der Waals surface area contributed by atoms with E-state index in [0.717, 1.165) is 6.42 Å². The van der Waals surface area contributed by atoms with Crippen LogP contribution in [0, 0.1) is 0 Å². The van der Waals surface area contributed by atoms with Crippen LogP contribution >= 0.6 is 0 Å². The van der Waals surface area contributed by atoms with Crippen molar-refractivity contribution >= 4 is 16.0 Å². The van der Waals surface area contributed by atoms with Gasteiger partial charge in [0, 0.05) is 24.9 Å².